The monoisotopic (exact) mass is 400 g/mol. The molecular formula is C18H28N2O6S. The van der Waals surface area contributed by atoms with E-state index in [0.717, 1.165) is 5.56 Å². The zero-order chi connectivity index (χ0) is 20.7. The summed E-state index contributed by atoms with van der Waals surface area (Å²) >= 11 is 0. The van der Waals surface area contributed by atoms with Crippen LogP contribution in [0.4, 0.5) is 4.79 Å². The minimum absolute atomic E-state index is 0.167. The second kappa shape index (κ2) is 9.70. The van der Waals surface area contributed by atoms with Crippen molar-refractivity contribution < 1.29 is 27.9 Å². The van der Waals surface area contributed by atoms with Crippen molar-refractivity contribution in [1.29, 1.82) is 0 Å². The van der Waals surface area contributed by atoms with Gasteiger partial charge in [0.25, 0.3) is 0 Å². The van der Waals surface area contributed by atoms with Crippen molar-refractivity contribution in [1.82, 2.24) is 10.0 Å². The molecule has 0 fully saturated rings. The summed E-state index contributed by atoms with van der Waals surface area (Å²) in [5, 5.41) is 11.5. The van der Waals surface area contributed by atoms with Gasteiger partial charge in [0.05, 0.1) is 4.90 Å². The molecule has 152 valence electrons. The number of aliphatic carboxylic acids is 1. The highest BCUT2D eigenvalue weighted by Gasteiger charge is 2.23. The van der Waals surface area contributed by atoms with Crippen LogP contribution in [0.2, 0.25) is 0 Å². The van der Waals surface area contributed by atoms with Crippen LogP contribution < -0.4 is 10.0 Å². The normalized spacial score (nSPS) is 13.0. The van der Waals surface area contributed by atoms with Crippen LogP contribution in [0.1, 0.15) is 45.6 Å². The van der Waals surface area contributed by atoms with Crippen molar-refractivity contribution in [2.45, 2.75) is 63.5 Å². The molecule has 27 heavy (non-hydrogen) atoms. The van der Waals surface area contributed by atoms with Gasteiger partial charge in [-0.05, 0) is 59.1 Å². The molecule has 1 rings (SSSR count). The van der Waals surface area contributed by atoms with E-state index in [1.807, 2.05) is 6.92 Å². The van der Waals surface area contributed by atoms with Crippen molar-refractivity contribution in [3.05, 3.63) is 29.8 Å². The summed E-state index contributed by atoms with van der Waals surface area (Å²) in [5.41, 5.74) is 0.243. The molecule has 0 bridgehead atoms. The lowest BCUT2D eigenvalue weighted by atomic mass is 10.1. The number of nitrogens with one attached hydrogen (secondary N) is 2. The van der Waals surface area contributed by atoms with Gasteiger partial charge in [-0.3, -0.25) is 0 Å². The molecule has 1 aromatic carbocycles. The summed E-state index contributed by atoms with van der Waals surface area (Å²) < 4.78 is 31.8. The lowest BCUT2D eigenvalue weighted by molar-refractivity contribution is -0.139. The van der Waals surface area contributed by atoms with Crippen LogP contribution in [-0.4, -0.2) is 43.8 Å². The molecule has 3 N–H and O–H groups in total. The number of sulfonamides is 1. The maximum atomic E-state index is 12.1. The fraction of sp³-hybridized carbons (Fsp3) is 0.556. The summed E-state index contributed by atoms with van der Waals surface area (Å²) in [5.74, 6) is -1.17. The number of aryl methyl sites for hydroxylation is 1. The molecule has 1 atom stereocenters. The molecule has 0 aromatic heterocycles. The quantitative estimate of drug-likeness (QED) is 0.547. The van der Waals surface area contributed by atoms with Gasteiger partial charge < -0.3 is 15.2 Å². The molecule has 0 saturated carbocycles. The van der Waals surface area contributed by atoms with E-state index in [4.69, 9.17) is 4.74 Å². The summed E-state index contributed by atoms with van der Waals surface area (Å²) in [4.78, 5) is 23.1. The number of unbranched alkanes of at least 4 members (excludes halogenated alkanes) is 1. The number of carbonyl (C=O) groups excluding carboxylic acids is 1. The van der Waals surface area contributed by atoms with Crippen molar-refractivity contribution in [2.24, 2.45) is 0 Å². The molecule has 0 saturated heterocycles. The predicted molar refractivity (Wildman–Crippen MR) is 101 cm³/mol. The van der Waals surface area contributed by atoms with E-state index in [0.29, 0.717) is 12.8 Å². The molecule has 9 heteroatoms. The summed E-state index contributed by atoms with van der Waals surface area (Å²) in [7, 11) is -3.59. The summed E-state index contributed by atoms with van der Waals surface area (Å²) in [6, 6.07) is 5.41. The van der Waals surface area contributed by atoms with Gasteiger partial charge in [0.15, 0.2) is 0 Å². The van der Waals surface area contributed by atoms with Crippen LogP contribution in [-0.2, 0) is 19.6 Å². The summed E-state index contributed by atoms with van der Waals surface area (Å²) in [6.45, 7) is 7.09. The van der Waals surface area contributed by atoms with Gasteiger partial charge >= 0.3 is 12.1 Å². The number of ether oxygens (including phenoxy) is 1. The van der Waals surface area contributed by atoms with E-state index in [-0.39, 0.29) is 17.9 Å². The topological polar surface area (TPSA) is 122 Å². The summed E-state index contributed by atoms with van der Waals surface area (Å²) in [6.07, 6.45) is 0.226. The number of amides is 1. The second-order valence-corrected chi connectivity index (χ2v) is 9.01. The van der Waals surface area contributed by atoms with Gasteiger partial charge in [-0.1, -0.05) is 17.7 Å². The Labute approximate surface area is 160 Å². The minimum atomic E-state index is -3.59. The molecule has 0 spiro atoms. The molecule has 8 nitrogen and oxygen atoms in total. The van der Waals surface area contributed by atoms with Crippen molar-refractivity contribution in [2.75, 3.05) is 6.54 Å². The number of benzene rings is 1. The van der Waals surface area contributed by atoms with Gasteiger partial charge in [-0.25, -0.2) is 22.7 Å². The van der Waals surface area contributed by atoms with E-state index in [2.05, 4.69) is 10.0 Å². The largest absolute Gasteiger partial charge is 0.480 e. The van der Waals surface area contributed by atoms with Gasteiger partial charge in [-0.15, -0.1) is 0 Å². The Balaban J connectivity index is 2.42. The number of rotatable bonds is 9. The molecule has 1 amide bonds. The van der Waals surface area contributed by atoms with Crippen LogP contribution in [0.15, 0.2) is 29.2 Å². The molecule has 0 unspecified atom stereocenters. The first-order valence-electron chi connectivity index (χ1n) is 8.69. The molecule has 0 aliphatic heterocycles. The second-order valence-electron chi connectivity index (χ2n) is 7.24. The Morgan fingerprint density at radius 2 is 1.74 bits per heavy atom. The van der Waals surface area contributed by atoms with Crippen molar-refractivity contribution >= 4 is 22.1 Å². The molecular weight excluding hydrogens is 372 g/mol. The smallest absolute Gasteiger partial charge is 0.408 e. The maximum absolute atomic E-state index is 12.1. The molecule has 1 aromatic rings. The highest BCUT2D eigenvalue weighted by molar-refractivity contribution is 7.89. The molecule has 0 radical (unpaired) electrons. The number of hydrogen-bond acceptors (Lipinski definition) is 5. The number of hydrogen-bond donors (Lipinski definition) is 3. The third kappa shape index (κ3) is 8.87. The van der Waals surface area contributed by atoms with Crippen LogP contribution in [0.5, 0.6) is 0 Å². The fourth-order valence-electron chi connectivity index (χ4n) is 2.19. The van der Waals surface area contributed by atoms with Gasteiger partial charge in [0.1, 0.15) is 11.6 Å². The van der Waals surface area contributed by atoms with Gasteiger partial charge in [0.2, 0.25) is 10.0 Å². The first kappa shape index (κ1) is 22.9. The Kier molecular flexibility index (Phi) is 8.23. The van der Waals surface area contributed by atoms with Crippen LogP contribution in [0.25, 0.3) is 0 Å². The Hall–Kier alpha value is -2.13. The number of alkyl carbamates (subject to hydrolysis) is 1. The van der Waals surface area contributed by atoms with E-state index < -0.39 is 33.7 Å². The minimum Gasteiger partial charge on any atom is -0.480 e. The van der Waals surface area contributed by atoms with E-state index in [9.17, 15) is 23.1 Å². The van der Waals surface area contributed by atoms with E-state index >= 15 is 0 Å². The average molecular weight is 400 g/mol. The van der Waals surface area contributed by atoms with Crippen molar-refractivity contribution in [3.8, 4) is 0 Å². The Morgan fingerprint density at radius 3 is 2.26 bits per heavy atom. The number of carbonyl (C=O) groups is 2. The highest BCUT2D eigenvalue weighted by atomic mass is 32.2. The number of carboxylic acid groups (broad SMARTS) is 1. The number of carboxylic acids is 1. The Bertz CT molecular complexity index is 738. The lowest BCUT2D eigenvalue weighted by Crippen LogP contribution is -2.43. The Morgan fingerprint density at radius 1 is 1.15 bits per heavy atom. The average Bonchev–Trinajstić information content (AvgIpc) is 2.51. The van der Waals surface area contributed by atoms with Gasteiger partial charge in [-0.2, -0.15) is 0 Å². The fourth-order valence-corrected chi connectivity index (χ4v) is 3.26. The SMILES string of the molecule is Cc1ccc(S(=O)(=O)NCCCC[C@H](NC(=O)OC(C)(C)C)C(=O)O)cc1. The lowest BCUT2D eigenvalue weighted by Gasteiger charge is -2.22. The third-order valence-corrected chi connectivity index (χ3v) is 5.01. The van der Waals surface area contributed by atoms with Crippen LogP contribution >= 0.6 is 0 Å². The molecule has 0 heterocycles. The first-order valence-corrected chi connectivity index (χ1v) is 10.2. The molecule has 0 aliphatic carbocycles. The first-order chi connectivity index (χ1) is 12.4. The van der Waals surface area contributed by atoms with Crippen LogP contribution in [0.3, 0.4) is 0 Å². The molecule has 0 aliphatic rings. The van der Waals surface area contributed by atoms with Crippen LogP contribution in [0, 0.1) is 6.92 Å². The standard InChI is InChI=1S/C18H28N2O6S/c1-13-8-10-14(11-9-13)27(24,25)19-12-6-5-7-15(16(21)22)20-17(23)26-18(2,3)4/h8-11,15,19H,5-7,12H2,1-4H3,(H,20,23)(H,21,22)/t15-/m0/s1. The van der Waals surface area contributed by atoms with E-state index in [1.54, 1.807) is 32.9 Å². The van der Waals surface area contributed by atoms with Gasteiger partial charge in [0, 0.05) is 6.54 Å². The maximum Gasteiger partial charge on any atom is 0.408 e. The third-order valence-electron chi connectivity index (χ3n) is 3.53. The highest BCUT2D eigenvalue weighted by Crippen LogP contribution is 2.11. The van der Waals surface area contributed by atoms with E-state index in [1.165, 1.54) is 12.1 Å². The zero-order valence-corrected chi connectivity index (χ0v) is 16.9. The van der Waals surface area contributed by atoms with Crippen molar-refractivity contribution in [3.63, 3.8) is 0 Å². The predicted octanol–water partition coefficient (Wildman–Crippen LogP) is 2.42. The zero-order valence-electron chi connectivity index (χ0n) is 16.1.